The fourth-order valence-electron chi connectivity index (χ4n) is 4.10. The van der Waals surface area contributed by atoms with Gasteiger partial charge in [0.2, 0.25) is 5.95 Å². The molecule has 10 heteroatoms. The Morgan fingerprint density at radius 3 is 2.52 bits per heavy atom. The second-order valence-corrected chi connectivity index (χ2v) is 8.77. The number of rotatable bonds is 3. The molecule has 0 unspecified atom stereocenters. The van der Waals surface area contributed by atoms with Crippen molar-refractivity contribution in [1.29, 1.82) is 0 Å². The van der Waals surface area contributed by atoms with E-state index in [0.29, 0.717) is 11.5 Å². The van der Waals surface area contributed by atoms with Crippen LogP contribution in [0, 0.1) is 18.6 Å². The third-order valence-electron chi connectivity index (χ3n) is 5.87. The van der Waals surface area contributed by atoms with Gasteiger partial charge in [0.1, 0.15) is 11.3 Å². The fourth-order valence-corrected chi connectivity index (χ4v) is 4.10. The van der Waals surface area contributed by atoms with Crippen LogP contribution in [0.3, 0.4) is 0 Å². The Labute approximate surface area is 176 Å². The van der Waals surface area contributed by atoms with Crippen LogP contribution in [0.25, 0.3) is 16.6 Å². The number of nitrogen functional groups attached to an aromatic ring is 1. The van der Waals surface area contributed by atoms with E-state index in [0.717, 1.165) is 36.0 Å². The topological polar surface area (TPSA) is 121 Å². The van der Waals surface area contributed by atoms with Crippen molar-refractivity contribution in [2.45, 2.75) is 51.0 Å². The van der Waals surface area contributed by atoms with E-state index in [1.54, 1.807) is 6.20 Å². The van der Waals surface area contributed by atoms with Crippen LogP contribution in [0.5, 0.6) is 0 Å². The van der Waals surface area contributed by atoms with Crippen LogP contribution in [-0.2, 0) is 5.54 Å². The van der Waals surface area contributed by atoms with Crippen LogP contribution in [0.1, 0.15) is 61.4 Å². The van der Waals surface area contributed by atoms with Crippen molar-refractivity contribution in [2.75, 3.05) is 5.73 Å². The monoisotopic (exact) mass is 424 g/mol. The first-order valence-electron chi connectivity index (χ1n) is 10.1. The lowest BCUT2D eigenvalue weighted by molar-refractivity contribution is 0.329. The molecule has 0 spiro atoms. The first kappa shape index (κ1) is 19.7. The van der Waals surface area contributed by atoms with Gasteiger partial charge >= 0.3 is 0 Å². The first-order chi connectivity index (χ1) is 14.6. The number of halogens is 2. The molecular formula is C21H22F2N8. The molecule has 1 aliphatic rings. The van der Waals surface area contributed by atoms with Crippen molar-refractivity contribution in [3.05, 3.63) is 52.9 Å². The van der Waals surface area contributed by atoms with Crippen molar-refractivity contribution < 1.29 is 8.78 Å². The summed E-state index contributed by atoms with van der Waals surface area (Å²) in [4.78, 5) is 17.8. The first-order valence-corrected chi connectivity index (χ1v) is 10.1. The zero-order chi connectivity index (χ0) is 22.1. The number of fused-ring (bicyclic) bond motifs is 3. The molecule has 1 aliphatic carbocycles. The number of nitrogens with two attached hydrogens (primary N) is 2. The molecule has 1 saturated carbocycles. The van der Waals surface area contributed by atoms with Gasteiger partial charge in [0.05, 0.1) is 34.2 Å². The highest BCUT2D eigenvalue weighted by atomic mass is 19.1. The molecule has 1 fully saturated rings. The molecule has 0 radical (unpaired) electrons. The van der Waals surface area contributed by atoms with Crippen LogP contribution in [-0.4, -0.2) is 29.5 Å². The Kier molecular flexibility index (Phi) is 4.20. The molecular weight excluding hydrogens is 402 g/mol. The summed E-state index contributed by atoms with van der Waals surface area (Å²) < 4.78 is 29.3. The molecule has 8 nitrogen and oxygen atoms in total. The summed E-state index contributed by atoms with van der Waals surface area (Å²) in [5.41, 5.74) is 14.4. The minimum Gasteiger partial charge on any atom is -0.368 e. The van der Waals surface area contributed by atoms with Crippen LogP contribution < -0.4 is 11.5 Å². The second-order valence-electron chi connectivity index (χ2n) is 8.77. The van der Waals surface area contributed by atoms with Crippen LogP contribution >= 0.6 is 0 Å². The molecule has 4 aromatic rings. The van der Waals surface area contributed by atoms with E-state index in [1.807, 2.05) is 20.8 Å². The lowest BCUT2D eigenvalue weighted by atomic mass is 9.72. The number of aryl methyl sites for hydroxylation is 1. The third kappa shape index (κ3) is 3.18. The van der Waals surface area contributed by atoms with Crippen molar-refractivity contribution in [1.82, 2.24) is 29.5 Å². The quantitative estimate of drug-likeness (QED) is 0.518. The standard InChI is InChI=1S/C21H22F2N8/c1-9-16(26-8-15(27-9)21(2,3)25)10-4-11(5-10)18-29-19-13-6-12(22)7-14(23)17(13)28-20(24)31(19)30-18/h6-8,10-11H,4-5,25H2,1-3H3,(H2,24,28)/t10-,11-. The fraction of sp³-hybridized carbons (Fsp3) is 0.381. The summed E-state index contributed by atoms with van der Waals surface area (Å²) in [6.07, 6.45) is 3.33. The van der Waals surface area contributed by atoms with Gasteiger partial charge in [-0.15, -0.1) is 5.10 Å². The zero-order valence-electron chi connectivity index (χ0n) is 17.4. The van der Waals surface area contributed by atoms with E-state index in [4.69, 9.17) is 11.5 Å². The summed E-state index contributed by atoms with van der Waals surface area (Å²) in [6.45, 7) is 5.73. The van der Waals surface area contributed by atoms with Crippen LogP contribution in [0.2, 0.25) is 0 Å². The minimum atomic E-state index is -0.782. The average Bonchev–Trinajstić information content (AvgIpc) is 3.08. The molecule has 0 amide bonds. The summed E-state index contributed by atoms with van der Waals surface area (Å²) in [5, 5.41) is 4.70. The van der Waals surface area contributed by atoms with Gasteiger partial charge in [0, 0.05) is 17.9 Å². The molecule has 160 valence electrons. The van der Waals surface area contributed by atoms with Crippen LogP contribution in [0.15, 0.2) is 18.3 Å². The number of benzene rings is 1. The van der Waals surface area contributed by atoms with Crippen molar-refractivity contribution in [2.24, 2.45) is 5.73 Å². The van der Waals surface area contributed by atoms with Gasteiger partial charge in [-0.05, 0) is 39.7 Å². The highest BCUT2D eigenvalue weighted by Crippen LogP contribution is 2.47. The predicted octanol–water partition coefficient (Wildman–Crippen LogP) is 3.09. The number of hydrogen-bond acceptors (Lipinski definition) is 7. The number of nitrogens with zero attached hydrogens (tertiary/aromatic N) is 6. The maximum atomic E-state index is 14.1. The average molecular weight is 424 g/mol. The Balaban J connectivity index is 1.45. The van der Waals surface area contributed by atoms with E-state index >= 15 is 0 Å². The van der Waals surface area contributed by atoms with E-state index in [-0.39, 0.29) is 28.7 Å². The van der Waals surface area contributed by atoms with Crippen LogP contribution in [0.4, 0.5) is 14.7 Å². The predicted molar refractivity (Wildman–Crippen MR) is 111 cm³/mol. The number of aromatic nitrogens is 6. The highest BCUT2D eigenvalue weighted by Gasteiger charge is 2.37. The van der Waals surface area contributed by atoms with Crippen molar-refractivity contribution >= 4 is 22.5 Å². The summed E-state index contributed by atoms with van der Waals surface area (Å²) in [7, 11) is 0. The van der Waals surface area contributed by atoms with Crippen molar-refractivity contribution in [3.63, 3.8) is 0 Å². The number of hydrogen-bond donors (Lipinski definition) is 2. The normalized spacial score (nSPS) is 19.2. The molecule has 4 N–H and O–H groups in total. The molecule has 3 heterocycles. The Morgan fingerprint density at radius 2 is 1.84 bits per heavy atom. The van der Waals surface area contributed by atoms with Gasteiger partial charge in [-0.1, -0.05) is 0 Å². The number of anilines is 1. The van der Waals surface area contributed by atoms with E-state index < -0.39 is 17.2 Å². The third-order valence-corrected chi connectivity index (χ3v) is 5.87. The summed E-state index contributed by atoms with van der Waals surface area (Å²) in [5.74, 6) is -0.581. The molecule has 0 bridgehead atoms. The molecule has 0 saturated heterocycles. The molecule has 3 aromatic heterocycles. The molecule has 31 heavy (non-hydrogen) atoms. The van der Waals surface area contributed by atoms with Gasteiger partial charge < -0.3 is 11.5 Å². The minimum absolute atomic E-state index is 0.00401. The SMILES string of the molecule is Cc1nc(C(C)(C)N)cnc1[C@H]1C[C@H](c2nc3c4cc(F)cc(F)c4nc(N)n3n2)C1. The summed E-state index contributed by atoms with van der Waals surface area (Å²) in [6, 6.07) is 1.97. The molecule has 0 atom stereocenters. The summed E-state index contributed by atoms with van der Waals surface area (Å²) >= 11 is 0. The smallest absolute Gasteiger partial charge is 0.223 e. The van der Waals surface area contributed by atoms with E-state index in [9.17, 15) is 8.78 Å². The van der Waals surface area contributed by atoms with Gasteiger partial charge in [-0.2, -0.15) is 4.52 Å². The van der Waals surface area contributed by atoms with Gasteiger partial charge in [0.25, 0.3) is 0 Å². The Hall–Kier alpha value is -3.27. The molecule has 1 aromatic carbocycles. The Bertz CT molecular complexity index is 1340. The van der Waals surface area contributed by atoms with E-state index in [1.165, 1.54) is 10.6 Å². The molecule has 5 rings (SSSR count). The zero-order valence-corrected chi connectivity index (χ0v) is 17.4. The maximum absolute atomic E-state index is 14.1. The van der Waals surface area contributed by atoms with E-state index in [2.05, 4.69) is 25.0 Å². The lowest BCUT2D eigenvalue weighted by Gasteiger charge is -2.33. The van der Waals surface area contributed by atoms with Crippen molar-refractivity contribution in [3.8, 4) is 0 Å². The lowest BCUT2D eigenvalue weighted by Crippen LogP contribution is -2.31. The molecule has 0 aliphatic heterocycles. The second kappa shape index (κ2) is 6.61. The largest absolute Gasteiger partial charge is 0.368 e. The Morgan fingerprint density at radius 1 is 1.10 bits per heavy atom. The van der Waals surface area contributed by atoms with Gasteiger partial charge in [-0.25, -0.2) is 18.7 Å². The van der Waals surface area contributed by atoms with Gasteiger partial charge in [-0.3, -0.25) is 9.97 Å². The highest BCUT2D eigenvalue weighted by molar-refractivity contribution is 5.92. The van der Waals surface area contributed by atoms with Gasteiger partial charge in [0.15, 0.2) is 17.3 Å². The maximum Gasteiger partial charge on any atom is 0.223 e.